The maximum atomic E-state index is 7.25. The molecule has 3 nitrogen and oxygen atoms in total. The minimum absolute atomic E-state index is 0.0501. The lowest BCUT2D eigenvalue weighted by Crippen LogP contribution is -2.40. The lowest BCUT2D eigenvalue weighted by molar-refractivity contribution is 0.332. The fourth-order valence-corrected chi connectivity index (χ4v) is 14.2. The molecule has 3 heterocycles. The molecule has 0 atom stereocenters. The standard InChI is InChI=1S/C70H68BN2OS/c1-66(2,3)45-27-31-57(49(37-45)43-22-16-13-17-23-43)73-58-40-50-47-24-18-19-25-59(47)74-64(50)61(63(58)71-62-51-39-54-55(41-60(51)75-65(62)73)70(10,11)35-34-69(54,8)9)48-29-26-44(42-20-14-12-15-21-42)36-56(48)72-46-28-30-52-53(38-46)68(6,7)33-32-67(52,4)5/h12-31,36-41,72H,32-35H2,1-11H3. The molecule has 10 aromatic rings. The second kappa shape index (κ2) is 16.8. The fourth-order valence-electron chi connectivity index (χ4n) is 13.0. The molecule has 3 aliphatic rings. The van der Waals surface area contributed by atoms with Crippen molar-refractivity contribution in [3.63, 3.8) is 0 Å². The van der Waals surface area contributed by atoms with Crippen molar-refractivity contribution in [1.29, 1.82) is 0 Å². The first-order valence-corrected chi connectivity index (χ1v) is 28.1. The molecule has 0 unspecified atom stereocenters. The zero-order valence-corrected chi connectivity index (χ0v) is 46.5. The van der Waals surface area contributed by atoms with E-state index in [1.807, 2.05) is 11.3 Å². The summed E-state index contributed by atoms with van der Waals surface area (Å²) in [6.45, 7) is 26.4. The SMILES string of the molecule is CC(C)(C)c1ccc(N2c3cc4c(oc5ccccc54)c(-c4ccc(-c5ccccc5)cc4Nc4ccc5c(c4)C(C)(C)CCC5(C)C)c3[B]c3c2sc2cc4c(cc32)C(C)(C)CCC4(C)C)c(-c2ccccc2)c1. The number of para-hydroxylation sites is 1. The average molecular weight is 996 g/mol. The van der Waals surface area contributed by atoms with Gasteiger partial charge >= 0.3 is 0 Å². The minimum Gasteiger partial charge on any atom is -0.455 e. The van der Waals surface area contributed by atoms with E-state index in [1.165, 1.54) is 77.9 Å². The smallest absolute Gasteiger partial charge is 0.200 e. The molecule has 0 amide bonds. The zero-order chi connectivity index (χ0) is 52.0. The number of hydrogen-bond acceptors (Lipinski definition) is 4. The van der Waals surface area contributed by atoms with E-state index in [0.717, 1.165) is 79.7 Å². The van der Waals surface area contributed by atoms with Gasteiger partial charge in [-0.3, -0.25) is 0 Å². The van der Waals surface area contributed by atoms with E-state index in [9.17, 15) is 0 Å². The van der Waals surface area contributed by atoms with Crippen LogP contribution in [0.2, 0.25) is 0 Å². The molecule has 0 fully saturated rings. The molecule has 75 heavy (non-hydrogen) atoms. The maximum absolute atomic E-state index is 7.25. The topological polar surface area (TPSA) is 28.4 Å². The molecule has 2 aliphatic carbocycles. The Bertz CT molecular complexity index is 3940. The Hall–Kier alpha value is -6.82. The van der Waals surface area contributed by atoms with Gasteiger partial charge in [-0.15, -0.1) is 11.3 Å². The van der Waals surface area contributed by atoms with E-state index in [0.29, 0.717) is 0 Å². The van der Waals surface area contributed by atoms with Gasteiger partial charge in [0.25, 0.3) is 0 Å². The molecule has 13 rings (SSSR count). The van der Waals surface area contributed by atoms with Crippen molar-refractivity contribution in [3.8, 4) is 33.4 Å². The second-order valence-electron chi connectivity index (χ2n) is 25.7. The predicted octanol–water partition coefficient (Wildman–Crippen LogP) is 19.0. The highest BCUT2D eigenvalue weighted by Gasteiger charge is 2.41. The predicted molar refractivity (Wildman–Crippen MR) is 324 cm³/mol. The number of anilines is 5. The summed E-state index contributed by atoms with van der Waals surface area (Å²) < 4.78 is 8.58. The summed E-state index contributed by atoms with van der Waals surface area (Å²) >= 11 is 1.94. The van der Waals surface area contributed by atoms with E-state index in [1.54, 1.807) is 0 Å². The van der Waals surface area contributed by atoms with Crippen LogP contribution in [0, 0.1) is 0 Å². The number of thiophene rings is 1. The fraction of sp³-hybridized carbons (Fsp3) is 0.286. The van der Waals surface area contributed by atoms with Gasteiger partial charge in [0.2, 0.25) is 0 Å². The number of furan rings is 1. The summed E-state index contributed by atoms with van der Waals surface area (Å²) in [6.07, 6.45) is 4.66. The molecular weight excluding hydrogens is 928 g/mol. The van der Waals surface area contributed by atoms with Crippen molar-refractivity contribution in [3.05, 3.63) is 186 Å². The number of fused-ring (bicyclic) bond motifs is 9. The van der Waals surface area contributed by atoms with Crippen LogP contribution in [0.1, 0.15) is 130 Å². The molecule has 8 aromatic carbocycles. The highest BCUT2D eigenvalue weighted by atomic mass is 32.1. The van der Waals surface area contributed by atoms with Gasteiger partial charge in [0.1, 0.15) is 11.2 Å². The van der Waals surface area contributed by atoms with Gasteiger partial charge in [-0.2, -0.15) is 0 Å². The van der Waals surface area contributed by atoms with Gasteiger partial charge in [0.05, 0.1) is 10.7 Å². The summed E-state index contributed by atoms with van der Waals surface area (Å²) in [5, 5.41) is 8.89. The average Bonchev–Trinajstić information content (AvgIpc) is 3.95. The number of benzene rings is 8. The second-order valence-corrected chi connectivity index (χ2v) is 26.8. The number of nitrogens with one attached hydrogen (secondary N) is 1. The highest BCUT2D eigenvalue weighted by molar-refractivity contribution is 7.25. The van der Waals surface area contributed by atoms with Crippen LogP contribution in [-0.4, -0.2) is 7.28 Å². The summed E-state index contributed by atoms with van der Waals surface area (Å²) in [4.78, 5) is 2.63. The Morgan fingerprint density at radius 2 is 1.13 bits per heavy atom. The van der Waals surface area contributed by atoms with Crippen molar-refractivity contribution in [2.75, 3.05) is 10.2 Å². The maximum Gasteiger partial charge on any atom is 0.200 e. The molecule has 0 saturated carbocycles. The van der Waals surface area contributed by atoms with Gasteiger partial charge < -0.3 is 14.6 Å². The van der Waals surface area contributed by atoms with Gasteiger partial charge in [0.15, 0.2) is 7.28 Å². The van der Waals surface area contributed by atoms with Crippen LogP contribution in [-0.2, 0) is 27.1 Å². The number of nitrogens with zero attached hydrogens (tertiary/aromatic N) is 1. The molecule has 0 bridgehead atoms. The molecule has 1 N–H and O–H groups in total. The van der Waals surface area contributed by atoms with Crippen molar-refractivity contribution in [1.82, 2.24) is 0 Å². The third kappa shape index (κ3) is 7.81. The summed E-state index contributed by atoms with van der Waals surface area (Å²) in [6, 6.07) is 59.5. The minimum atomic E-state index is -0.0501. The molecule has 5 heteroatoms. The third-order valence-electron chi connectivity index (χ3n) is 17.8. The van der Waals surface area contributed by atoms with E-state index < -0.39 is 0 Å². The van der Waals surface area contributed by atoms with E-state index in [-0.39, 0.29) is 27.1 Å². The Labute approximate surface area is 449 Å². The van der Waals surface area contributed by atoms with Gasteiger partial charge in [0, 0.05) is 49.2 Å². The van der Waals surface area contributed by atoms with Crippen LogP contribution < -0.4 is 21.1 Å². The van der Waals surface area contributed by atoms with Crippen molar-refractivity contribution in [2.24, 2.45) is 0 Å². The van der Waals surface area contributed by atoms with Crippen LogP contribution in [0.5, 0.6) is 0 Å². The monoisotopic (exact) mass is 996 g/mol. The first-order chi connectivity index (χ1) is 35.8. The molecule has 0 spiro atoms. The first kappa shape index (κ1) is 47.9. The summed E-state index contributed by atoms with van der Waals surface area (Å²) in [5.41, 5.74) is 23.0. The first-order valence-electron chi connectivity index (χ1n) is 27.3. The molecule has 373 valence electrons. The molecule has 1 aliphatic heterocycles. The Morgan fingerprint density at radius 3 is 1.83 bits per heavy atom. The lowest BCUT2D eigenvalue weighted by Gasteiger charge is -2.42. The van der Waals surface area contributed by atoms with Gasteiger partial charge in [-0.1, -0.05) is 179 Å². The normalized spacial score (nSPS) is 17.0. The molecular formula is C70H68BN2OS. The Morgan fingerprint density at radius 1 is 0.507 bits per heavy atom. The number of hydrogen-bond donors (Lipinski definition) is 1. The van der Waals surface area contributed by atoms with Crippen LogP contribution in [0.25, 0.3) is 65.4 Å². The van der Waals surface area contributed by atoms with Crippen LogP contribution in [0.15, 0.2) is 162 Å². The van der Waals surface area contributed by atoms with Crippen LogP contribution in [0.3, 0.4) is 0 Å². The van der Waals surface area contributed by atoms with Crippen molar-refractivity contribution >= 4 is 89.3 Å². The molecule has 0 saturated heterocycles. The van der Waals surface area contributed by atoms with Crippen molar-refractivity contribution < 1.29 is 4.42 Å². The summed E-state index contributed by atoms with van der Waals surface area (Å²) in [5.74, 6) is 0. The lowest BCUT2D eigenvalue weighted by atomic mass is 9.57. The van der Waals surface area contributed by atoms with Crippen LogP contribution in [0.4, 0.5) is 27.8 Å². The third-order valence-corrected chi connectivity index (χ3v) is 19.0. The highest BCUT2D eigenvalue weighted by Crippen LogP contribution is 2.54. The quantitative estimate of drug-likeness (QED) is 0.168. The van der Waals surface area contributed by atoms with E-state index in [2.05, 4.69) is 251 Å². The van der Waals surface area contributed by atoms with Crippen LogP contribution >= 0.6 is 11.3 Å². The Balaban J connectivity index is 1.13. The number of rotatable bonds is 6. The van der Waals surface area contributed by atoms with Gasteiger partial charge in [-0.25, -0.2) is 0 Å². The zero-order valence-electron chi connectivity index (χ0n) is 45.7. The molecule has 2 aromatic heterocycles. The largest absolute Gasteiger partial charge is 0.455 e. The van der Waals surface area contributed by atoms with E-state index in [4.69, 9.17) is 4.42 Å². The van der Waals surface area contributed by atoms with E-state index >= 15 is 0 Å². The Kier molecular flexibility index (Phi) is 10.8. The van der Waals surface area contributed by atoms with Gasteiger partial charge in [-0.05, 0) is 168 Å². The molecule has 1 radical (unpaired) electrons. The van der Waals surface area contributed by atoms with Crippen molar-refractivity contribution in [2.45, 2.75) is 129 Å². The summed E-state index contributed by atoms with van der Waals surface area (Å²) in [7, 11) is 2.53.